The van der Waals surface area contributed by atoms with Gasteiger partial charge in [-0.1, -0.05) is 25.1 Å². The van der Waals surface area contributed by atoms with Crippen molar-refractivity contribution in [3.05, 3.63) is 53.5 Å². The van der Waals surface area contributed by atoms with Crippen LogP contribution in [0.15, 0.2) is 40.9 Å². The molecule has 24 heavy (non-hydrogen) atoms. The van der Waals surface area contributed by atoms with Crippen LogP contribution in [0.3, 0.4) is 0 Å². The number of halogens is 3. The van der Waals surface area contributed by atoms with Crippen LogP contribution >= 0.6 is 0 Å². The Balaban J connectivity index is 1.78. The van der Waals surface area contributed by atoms with Crippen molar-refractivity contribution in [2.45, 2.75) is 32.7 Å². The summed E-state index contributed by atoms with van der Waals surface area (Å²) in [7, 11) is 1.84. The van der Waals surface area contributed by atoms with E-state index in [0.29, 0.717) is 6.54 Å². The molecule has 0 aliphatic heterocycles. The Bertz CT molecular complexity index is 835. The molecule has 0 amide bonds. The van der Waals surface area contributed by atoms with Crippen LogP contribution in [0.4, 0.5) is 13.2 Å². The zero-order chi connectivity index (χ0) is 17.3. The quantitative estimate of drug-likeness (QED) is 0.696. The van der Waals surface area contributed by atoms with Crippen LogP contribution in [-0.2, 0) is 25.8 Å². The van der Waals surface area contributed by atoms with Crippen LogP contribution in [0.2, 0.25) is 0 Å². The van der Waals surface area contributed by atoms with Gasteiger partial charge in [0.1, 0.15) is 11.3 Å². The van der Waals surface area contributed by atoms with Crippen molar-refractivity contribution in [3.8, 4) is 0 Å². The topological polar surface area (TPSA) is 34.2 Å². The Kier molecular flexibility index (Phi) is 4.36. The highest BCUT2D eigenvalue weighted by Crippen LogP contribution is 2.28. The largest absolute Gasteiger partial charge is 0.461 e. The Morgan fingerprint density at radius 3 is 2.62 bits per heavy atom. The monoisotopic (exact) mass is 337 g/mol. The van der Waals surface area contributed by atoms with Crippen molar-refractivity contribution in [1.82, 2.24) is 14.7 Å². The fourth-order valence-corrected chi connectivity index (χ4v) is 2.77. The van der Waals surface area contributed by atoms with Crippen LogP contribution in [0.5, 0.6) is 0 Å². The molecule has 0 radical (unpaired) electrons. The van der Waals surface area contributed by atoms with Gasteiger partial charge in [0.05, 0.1) is 6.67 Å². The standard InChI is InChI=1S/C17H18F3N3O/c1-3-14-13(12-6-4-5-7-15(12)24-14)10-22(2)11-23-9-8-16(21-23)17(18,19)20/h4-9H,3,10-11H2,1-2H3. The van der Waals surface area contributed by atoms with E-state index in [0.717, 1.165) is 34.8 Å². The Labute approximate surface area is 137 Å². The molecule has 2 aromatic heterocycles. The molecule has 0 bridgehead atoms. The summed E-state index contributed by atoms with van der Waals surface area (Å²) in [6.45, 7) is 2.85. The van der Waals surface area contributed by atoms with Gasteiger partial charge in [-0.3, -0.25) is 9.58 Å². The van der Waals surface area contributed by atoms with Crippen LogP contribution in [0.25, 0.3) is 11.0 Å². The maximum atomic E-state index is 12.6. The van der Waals surface area contributed by atoms with Gasteiger partial charge < -0.3 is 4.42 Å². The van der Waals surface area contributed by atoms with Crippen LogP contribution in [0, 0.1) is 0 Å². The van der Waals surface area contributed by atoms with Gasteiger partial charge in [0, 0.05) is 30.1 Å². The average molecular weight is 337 g/mol. The van der Waals surface area contributed by atoms with E-state index in [-0.39, 0.29) is 6.67 Å². The summed E-state index contributed by atoms with van der Waals surface area (Å²) < 4.78 is 45.0. The van der Waals surface area contributed by atoms with Gasteiger partial charge in [0.15, 0.2) is 5.69 Å². The second kappa shape index (κ2) is 6.32. The van der Waals surface area contributed by atoms with Crippen molar-refractivity contribution < 1.29 is 17.6 Å². The van der Waals surface area contributed by atoms with E-state index < -0.39 is 11.9 Å². The maximum absolute atomic E-state index is 12.6. The summed E-state index contributed by atoms with van der Waals surface area (Å²) in [5.74, 6) is 0.902. The number of benzene rings is 1. The molecular formula is C17H18F3N3O. The SMILES string of the molecule is CCc1oc2ccccc2c1CN(C)Cn1ccc(C(F)(F)F)n1. The first-order valence-electron chi connectivity index (χ1n) is 7.67. The average Bonchev–Trinajstić information content (AvgIpc) is 3.12. The predicted molar refractivity (Wildman–Crippen MR) is 84.3 cm³/mol. The zero-order valence-corrected chi connectivity index (χ0v) is 13.5. The molecule has 128 valence electrons. The van der Waals surface area contributed by atoms with Crippen molar-refractivity contribution in [2.75, 3.05) is 7.05 Å². The highest BCUT2D eigenvalue weighted by molar-refractivity contribution is 5.82. The number of fused-ring (bicyclic) bond motifs is 1. The van der Waals surface area contributed by atoms with Gasteiger partial charge >= 0.3 is 6.18 Å². The molecule has 0 aliphatic rings. The molecule has 2 heterocycles. The molecule has 0 atom stereocenters. The molecular weight excluding hydrogens is 319 g/mol. The lowest BCUT2D eigenvalue weighted by atomic mass is 10.1. The van der Waals surface area contributed by atoms with E-state index in [1.54, 1.807) is 0 Å². The molecule has 7 heteroatoms. The molecule has 3 aromatic rings. The first-order chi connectivity index (χ1) is 11.4. The number of aryl methyl sites for hydroxylation is 1. The number of para-hydroxylation sites is 1. The minimum atomic E-state index is -4.42. The summed E-state index contributed by atoms with van der Waals surface area (Å²) in [4.78, 5) is 1.91. The molecule has 3 rings (SSSR count). The van der Waals surface area contributed by atoms with Gasteiger partial charge in [0.2, 0.25) is 0 Å². The lowest BCUT2D eigenvalue weighted by Gasteiger charge is -2.17. The molecule has 4 nitrogen and oxygen atoms in total. The van der Waals surface area contributed by atoms with Crippen LogP contribution in [-0.4, -0.2) is 21.7 Å². The van der Waals surface area contributed by atoms with Gasteiger partial charge in [-0.15, -0.1) is 0 Å². The second-order valence-electron chi connectivity index (χ2n) is 5.75. The zero-order valence-electron chi connectivity index (χ0n) is 13.5. The van der Waals surface area contributed by atoms with E-state index >= 15 is 0 Å². The molecule has 0 saturated heterocycles. The minimum Gasteiger partial charge on any atom is -0.461 e. The van der Waals surface area contributed by atoms with Crippen molar-refractivity contribution in [1.29, 1.82) is 0 Å². The summed E-state index contributed by atoms with van der Waals surface area (Å²) in [6.07, 6.45) is -2.31. The van der Waals surface area contributed by atoms with E-state index in [1.165, 1.54) is 10.9 Å². The molecule has 1 aromatic carbocycles. The highest BCUT2D eigenvalue weighted by atomic mass is 19.4. The summed E-state index contributed by atoms with van der Waals surface area (Å²) >= 11 is 0. The molecule has 0 fully saturated rings. The second-order valence-corrected chi connectivity index (χ2v) is 5.75. The van der Waals surface area contributed by atoms with Crippen LogP contribution < -0.4 is 0 Å². The number of nitrogens with zero attached hydrogens (tertiary/aromatic N) is 3. The summed E-state index contributed by atoms with van der Waals surface area (Å²) in [6, 6.07) is 8.77. The first kappa shape index (κ1) is 16.6. The smallest absolute Gasteiger partial charge is 0.435 e. The predicted octanol–water partition coefficient (Wildman–Crippen LogP) is 4.30. The number of rotatable bonds is 5. The van der Waals surface area contributed by atoms with Gasteiger partial charge in [-0.2, -0.15) is 18.3 Å². The third-order valence-electron chi connectivity index (χ3n) is 3.85. The molecule has 0 aliphatic carbocycles. The van der Waals surface area contributed by atoms with Gasteiger partial charge in [-0.25, -0.2) is 0 Å². The van der Waals surface area contributed by atoms with Crippen molar-refractivity contribution in [3.63, 3.8) is 0 Å². The molecule has 0 saturated carbocycles. The van der Waals surface area contributed by atoms with Gasteiger partial charge in [-0.05, 0) is 19.2 Å². The Morgan fingerprint density at radius 2 is 1.96 bits per heavy atom. The van der Waals surface area contributed by atoms with Crippen molar-refractivity contribution in [2.24, 2.45) is 0 Å². The lowest BCUT2D eigenvalue weighted by molar-refractivity contribution is -0.141. The third-order valence-corrected chi connectivity index (χ3v) is 3.85. The summed E-state index contributed by atoms with van der Waals surface area (Å²) in [5, 5.41) is 4.62. The van der Waals surface area contributed by atoms with E-state index in [9.17, 15) is 13.2 Å². The molecule has 0 spiro atoms. The van der Waals surface area contributed by atoms with E-state index in [4.69, 9.17) is 4.42 Å². The fourth-order valence-electron chi connectivity index (χ4n) is 2.77. The fraction of sp³-hybridized carbons (Fsp3) is 0.353. The first-order valence-corrected chi connectivity index (χ1v) is 7.67. The Hall–Kier alpha value is -2.28. The normalized spacial score (nSPS) is 12.4. The number of aromatic nitrogens is 2. The van der Waals surface area contributed by atoms with Crippen LogP contribution in [0.1, 0.15) is 23.9 Å². The number of furan rings is 1. The summed E-state index contributed by atoms with van der Waals surface area (Å²) in [5.41, 5.74) is 1.02. The van der Waals surface area contributed by atoms with E-state index in [2.05, 4.69) is 5.10 Å². The maximum Gasteiger partial charge on any atom is 0.435 e. The molecule has 0 N–H and O–H groups in total. The van der Waals surface area contributed by atoms with Crippen molar-refractivity contribution >= 4 is 11.0 Å². The number of hydrogen-bond acceptors (Lipinski definition) is 3. The third kappa shape index (κ3) is 3.31. The van der Waals surface area contributed by atoms with E-state index in [1.807, 2.05) is 43.1 Å². The minimum absolute atomic E-state index is 0.263. The molecule has 0 unspecified atom stereocenters. The lowest BCUT2D eigenvalue weighted by Crippen LogP contribution is -2.22. The number of hydrogen-bond donors (Lipinski definition) is 0. The highest BCUT2D eigenvalue weighted by Gasteiger charge is 2.33. The number of alkyl halides is 3. The van der Waals surface area contributed by atoms with Gasteiger partial charge in [0.25, 0.3) is 0 Å². The Morgan fingerprint density at radius 1 is 1.21 bits per heavy atom.